The minimum Gasteiger partial charge on any atom is -0.481 e. The first-order valence-electron chi connectivity index (χ1n) is 8.92. The predicted molar refractivity (Wildman–Crippen MR) is 89.6 cm³/mol. The molecule has 1 fully saturated rings. The highest BCUT2D eigenvalue weighted by Gasteiger charge is 2.55. The van der Waals surface area contributed by atoms with Crippen LogP contribution in [0.3, 0.4) is 0 Å². The lowest BCUT2D eigenvalue weighted by Gasteiger charge is -2.55. The van der Waals surface area contributed by atoms with E-state index in [0.717, 1.165) is 38.5 Å². The largest absolute Gasteiger partial charge is 0.481 e. The summed E-state index contributed by atoms with van der Waals surface area (Å²) in [7, 11) is 0. The summed E-state index contributed by atoms with van der Waals surface area (Å²) in [5.41, 5.74) is 4.39. The second kappa shape index (κ2) is 5.25. The highest BCUT2D eigenvalue weighted by molar-refractivity contribution is 5.75. The number of hydrogen-bond acceptors (Lipinski definition) is 1. The Balaban J connectivity index is 1.96. The van der Waals surface area contributed by atoms with Gasteiger partial charge in [0.1, 0.15) is 0 Å². The van der Waals surface area contributed by atoms with E-state index in [9.17, 15) is 9.90 Å². The molecule has 0 aromatic carbocycles. The number of fused-ring (bicyclic) bond motifs is 2. The number of hydrogen-bond donors (Lipinski definition) is 1. The first-order valence-corrected chi connectivity index (χ1v) is 8.92. The standard InChI is InChI=1S/C20H30O2/c1-13(2)14-6-8-16-15(12-14)7-9-17-19(16,3)10-5-11-20(17,4)18(21)22/h6,13,17H,5,7-12H2,1-4H3,(H,21,22)/t17-,19-,20-/m1/s1. The molecule has 0 saturated heterocycles. The third-order valence-electron chi connectivity index (χ3n) is 7.00. The molecule has 0 aliphatic heterocycles. The molecule has 0 aromatic heterocycles. The monoisotopic (exact) mass is 302 g/mol. The summed E-state index contributed by atoms with van der Waals surface area (Å²) in [5.74, 6) is 0.357. The topological polar surface area (TPSA) is 37.3 Å². The zero-order valence-corrected chi connectivity index (χ0v) is 14.5. The van der Waals surface area contributed by atoms with Crippen LogP contribution in [0.2, 0.25) is 0 Å². The smallest absolute Gasteiger partial charge is 0.309 e. The second-order valence-corrected chi connectivity index (χ2v) is 8.48. The molecule has 3 atom stereocenters. The quantitative estimate of drug-likeness (QED) is 0.698. The maximum atomic E-state index is 11.9. The molecule has 3 aliphatic carbocycles. The van der Waals surface area contributed by atoms with Gasteiger partial charge >= 0.3 is 5.97 Å². The molecule has 1 saturated carbocycles. The van der Waals surface area contributed by atoms with Gasteiger partial charge < -0.3 is 5.11 Å². The van der Waals surface area contributed by atoms with Gasteiger partial charge in [-0.1, -0.05) is 50.0 Å². The Morgan fingerprint density at radius 1 is 1.32 bits per heavy atom. The van der Waals surface area contributed by atoms with Crippen LogP contribution >= 0.6 is 0 Å². The molecule has 122 valence electrons. The van der Waals surface area contributed by atoms with Crippen LogP contribution in [0.5, 0.6) is 0 Å². The van der Waals surface area contributed by atoms with Gasteiger partial charge in [-0.15, -0.1) is 0 Å². The van der Waals surface area contributed by atoms with Crippen LogP contribution in [0.25, 0.3) is 0 Å². The summed E-state index contributed by atoms with van der Waals surface area (Å²) in [6.07, 6.45) is 9.87. The average molecular weight is 302 g/mol. The first-order chi connectivity index (χ1) is 10.3. The molecule has 0 spiro atoms. The second-order valence-electron chi connectivity index (χ2n) is 8.48. The van der Waals surface area contributed by atoms with E-state index in [4.69, 9.17) is 0 Å². The molecule has 0 bridgehead atoms. The van der Waals surface area contributed by atoms with Gasteiger partial charge in [0.25, 0.3) is 0 Å². The van der Waals surface area contributed by atoms with E-state index < -0.39 is 11.4 Å². The van der Waals surface area contributed by atoms with Gasteiger partial charge in [0, 0.05) is 0 Å². The van der Waals surface area contributed by atoms with Gasteiger partial charge in [-0.2, -0.15) is 0 Å². The highest BCUT2D eigenvalue weighted by Crippen LogP contribution is 2.61. The zero-order chi connectivity index (χ0) is 16.1. The summed E-state index contributed by atoms with van der Waals surface area (Å²) in [4.78, 5) is 11.9. The van der Waals surface area contributed by atoms with E-state index in [2.05, 4.69) is 26.8 Å². The van der Waals surface area contributed by atoms with E-state index in [1.165, 1.54) is 6.42 Å². The molecule has 2 nitrogen and oxygen atoms in total. The number of allylic oxidation sites excluding steroid dienone is 4. The maximum Gasteiger partial charge on any atom is 0.309 e. The van der Waals surface area contributed by atoms with Crippen LogP contribution in [0.15, 0.2) is 22.8 Å². The van der Waals surface area contributed by atoms with Crippen LogP contribution in [-0.4, -0.2) is 11.1 Å². The minimum atomic E-state index is -0.582. The molecule has 1 N–H and O–H groups in total. The molecule has 3 aliphatic rings. The van der Waals surface area contributed by atoms with Crippen molar-refractivity contribution in [1.82, 2.24) is 0 Å². The summed E-state index contributed by atoms with van der Waals surface area (Å²) >= 11 is 0. The third kappa shape index (κ3) is 2.18. The number of carbonyl (C=O) groups is 1. The summed E-state index contributed by atoms with van der Waals surface area (Å²) in [6.45, 7) is 8.93. The van der Waals surface area contributed by atoms with E-state index in [-0.39, 0.29) is 5.41 Å². The molecule has 2 heteroatoms. The molecule has 0 amide bonds. The summed E-state index contributed by atoms with van der Waals surface area (Å²) < 4.78 is 0. The highest BCUT2D eigenvalue weighted by atomic mass is 16.4. The van der Waals surface area contributed by atoms with Crippen LogP contribution in [-0.2, 0) is 4.79 Å². The maximum absolute atomic E-state index is 11.9. The molecule has 0 heterocycles. The van der Waals surface area contributed by atoms with Crippen LogP contribution < -0.4 is 0 Å². The van der Waals surface area contributed by atoms with Crippen molar-refractivity contribution in [2.45, 2.75) is 72.6 Å². The molecule has 0 radical (unpaired) electrons. The average Bonchev–Trinajstić information content (AvgIpc) is 2.46. The third-order valence-corrected chi connectivity index (χ3v) is 7.00. The van der Waals surface area contributed by atoms with Crippen molar-refractivity contribution in [3.8, 4) is 0 Å². The van der Waals surface area contributed by atoms with Crippen molar-refractivity contribution < 1.29 is 9.90 Å². The van der Waals surface area contributed by atoms with Gasteiger partial charge in [0.15, 0.2) is 0 Å². The van der Waals surface area contributed by atoms with Gasteiger partial charge in [0.2, 0.25) is 0 Å². The Morgan fingerprint density at radius 3 is 2.68 bits per heavy atom. The molecule has 0 unspecified atom stereocenters. The van der Waals surface area contributed by atoms with Crippen molar-refractivity contribution in [3.63, 3.8) is 0 Å². The fraction of sp³-hybridized carbons (Fsp3) is 0.750. The van der Waals surface area contributed by atoms with Crippen molar-refractivity contribution in [2.75, 3.05) is 0 Å². The lowest BCUT2D eigenvalue weighted by Crippen LogP contribution is -2.50. The van der Waals surface area contributed by atoms with Crippen molar-refractivity contribution >= 4 is 5.97 Å². The van der Waals surface area contributed by atoms with Gasteiger partial charge in [-0.3, -0.25) is 4.79 Å². The van der Waals surface area contributed by atoms with Gasteiger partial charge in [0.05, 0.1) is 5.41 Å². The van der Waals surface area contributed by atoms with Crippen LogP contribution in [0.4, 0.5) is 0 Å². The predicted octanol–water partition coefficient (Wildman–Crippen LogP) is 5.35. The molecule has 0 aromatic rings. The fourth-order valence-corrected chi connectivity index (χ4v) is 5.57. The lowest BCUT2D eigenvalue weighted by molar-refractivity contribution is -0.159. The summed E-state index contributed by atoms with van der Waals surface area (Å²) in [6, 6.07) is 0. The van der Waals surface area contributed by atoms with E-state index in [0.29, 0.717) is 11.8 Å². The number of carboxylic acid groups (broad SMARTS) is 1. The molecular formula is C20H30O2. The van der Waals surface area contributed by atoms with Gasteiger partial charge in [-0.25, -0.2) is 0 Å². The van der Waals surface area contributed by atoms with E-state index in [1.807, 2.05) is 6.92 Å². The lowest BCUT2D eigenvalue weighted by atomic mass is 9.48. The fourth-order valence-electron chi connectivity index (χ4n) is 5.57. The van der Waals surface area contributed by atoms with E-state index >= 15 is 0 Å². The molecule has 22 heavy (non-hydrogen) atoms. The van der Waals surface area contributed by atoms with Crippen molar-refractivity contribution in [3.05, 3.63) is 22.8 Å². The first kappa shape index (κ1) is 15.8. The van der Waals surface area contributed by atoms with E-state index in [1.54, 1.807) is 16.7 Å². The molecule has 3 rings (SSSR count). The molecular weight excluding hydrogens is 272 g/mol. The van der Waals surface area contributed by atoms with Crippen LogP contribution in [0, 0.1) is 22.7 Å². The number of aliphatic carboxylic acids is 1. The minimum absolute atomic E-state index is 0.109. The number of rotatable bonds is 2. The summed E-state index contributed by atoms with van der Waals surface area (Å²) in [5, 5.41) is 9.83. The Labute approximate surface area is 134 Å². The van der Waals surface area contributed by atoms with Crippen molar-refractivity contribution in [1.29, 1.82) is 0 Å². The van der Waals surface area contributed by atoms with Crippen LogP contribution in [0.1, 0.15) is 72.6 Å². The Bertz CT molecular complexity index is 554. The zero-order valence-electron chi connectivity index (χ0n) is 14.5. The Hall–Kier alpha value is -1.05. The normalized spacial score (nSPS) is 38.4. The Kier molecular flexibility index (Phi) is 3.78. The van der Waals surface area contributed by atoms with Crippen molar-refractivity contribution in [2.24, 2.45) is 22.7 Å². The Morgan fingerprint density at radius 2 is 2.05 bits per heavy atom. The van der Waals surface area contributed by atoms with Gasteiger partial charge in [-0.05, 0) is 62.7 Å². The SMILES string of the molecule is CC(C)C1=CCC2=C(CC[C@H]3[C@](C)(C(=O)O)CCC[C@]23C)C1. The number of carboxylic acids is 1.